The molecule has 1 heterocycles. The second kappa shape index (κ2) is 8.31. The first-order valence-electron chi connectivity index (χ1n) is 8.26. The minimum Gasteiger partial charge on any atom is -0.491 e. The highest BCUT2D eigenvalue weighted by atomic mass is 16.5. The van der Waals surface area contributed by atoms with Crippen molar-refractivity contribution in [2.45, 2.75) is 51.3 Å². The molecule has 23 heavy (non-hydrogen) atoms. The Balaban J connectivity index is 1.81. The summed E-state index contributed by atoms with van der Waals surface area (Å²) < 4.78 is 10.3. The number of piperidine rings is 1. The molecule has 5 heteroatoms. The van der Waals surface area contributed by atoms with E-state index in [0.717, 1.165) is 0 Å². The number of aliphatic hydroxyl groups is 1. The zero-order chi connectivity index (χ0) is 16.8. The van der Waals surface area contributed by atoms with Crippen LogP contribution in [-0.4, -0.2) is 54.4 Å². The largest absolute Gasteiger partial charge is 0.491 e. The first-order valence-corrected chi connectivity index (χ1v) is 8.26. The summed E-state index contributed by atoms with van der Waals surface area (Å²) in [4.78, 5) is 13.7. The summed E-state index contributed by atoms with van der Waals surface area (Å²) in [5.41, 5.74) is 0.483. The number of hydrogen-bond donors (Lipinski definition) is 1. The van der Waals surface area contributed by atoms with Gasteiger partial charge in [0.15, 0.2) is 0 Å². The molecular weight excluding hydrogens is 294 g/mol. The van der Waals surface area contributed by atoms with Crippen LogP contribution in [0.4, 0.5) is 0 Å². The molecule has 0 saturated carbocycles. The molecule has 128 valence electrons. The zero-order valence-corrected chi connectivity index (χ0v) is 14.2. The number of benzene rings is 1. The normalized spacial score (nSPS) is 23.3. The summed E-state index contributed by atoms with van der Waals surface area (Å²) >= 11 is 0. The van der Waals surface area contributed by atoms with Gasteiger partial charge in [0.2, 0.25) is 0 Å². The first-order chi connectivity index (χ1) is 11.0. The molecule has 0 aliphatic carbocycles. The summed E-state index contributed by atoms with van der Waals surface area (Å²) in [6.45, 7) is 5.31. The Hall–Kier alpha value is -1.59. The number of carbonyl (C=O) groups is 1. The third kappa shape index (κ3) is 4.94. The van der Waals surface area contributed by atoms with Gasteiger partial charge >= 0.3 is 5.97 Å². The van der Waals surface area contributed by atoms with E-state index < -0.39 is 6.10 Å². The number of β-amino-alcohol motifs (C(OH)–C–C–N with tert-alkyl or cyclic N) is 1. The molecule has 0 unspecified atom stereocenters. The predicted molar refractivity (Wildman–Crippen MR) is 88.8 cm³/mol. The molecule has 1 saturated heterocycles. The lowest BCUT2D eigenvalue weighted by molar-refractivity contribution is 0.0209. The van der Waals surface area contributed by atoms with Crippen molar-refractivity contribution in [2.24, 2.45) is 0 Å². The van der Waals surface area contributed by atoms with Gasteiger partial charge in [-0.1, -0.05) is 6.42 Å². The van der Waals surface area contributed by atoms with Crippen molar-refractivity contribution in [1.82, 2.24) is 4.90 Å². The third-order valence-electron chi connectivity index (χ3n) is 4.52. The van der Waals surface area contributed by atoms with E-state index in [4.69, 9.17) is 4.74 Å². The molecule has 1 aromatic rings. The van der Waals surface area contributed by atoms with E-state index in [2.05, 4.69) is 23.5 Å². The molecule has 2 rings (SSSR count). The maximum atomic E-state index is 11.4. The molecule has 0 amide bonds. The topological polar surface area (TPSA) is 59.0 Å². The third-order valence-corrected chi connectivity index (χ3v) is 4.52. The van der Waals surface area contributed by atoms with E-state index >= 15 is 0 Å². The van der Waals surface area contributed by atoms with E-state index in [1.54, 1.807) is 24.3 Å². The Kier molecular flexibility index (Phi) is 6.42. The van der Waals surface area contributed by atoms with Crippen LogP contribution in [0, 0.1) is 0 Å². The van der Waals surface area contributed by atoms with Crippen molar-refractivity contribution in [3.8, 4) is 5.75 Å². The molecule has 0 bridgehead atoms. The summed E-state index contributed by atoms with van der Waals surface area (Å²) in [5.74, 6) is 0.265. The minimum atomic E-state index is -0.529. The van der Waals surface area contributed by atoms with Gasteiger partial charge in [-0.15, -0.1) is 0 Å². The van der Waals surface area contributed by atoms with Gasteiger partial charge in [-0.2, -0.15) is 0 Å². The van der Waals surface area contributed by atoms with Gasteiger partial charge in [0.1, 0.15) is 18.5 Å². The van der Waals surface area contributed by atoms with Crippen molar-refractivity contribution < 1.29 is 19.4 Å². The number of hydrogen-bond acceptors (Lipinski definition) is 5. The van der Waals surface area contributed by atoms with Crippen molar-refractivity contribution in [3.05, 3.63) is 29.8 Å². The lowest BCUT2D eigenvalue weighted by Crippen LogP contribution is -2.48. The number of nitrogens with zero attached hydrogens (tertiary/aromatic N) is 1. The molecule has 0 radical (unpaired) electrons. The number of rotatable bonds is 6. The number of esters is 1. The van der Waals surface area contributed by atoms with Crippen LogP contribution in [0.15, 0.2) is 24.3 Å². The highest BCUT2D eigenvalue weighted by molar-refractivity contribution is 5.89. The second-order valence-corrected chi connectivity index (χ2v) is 6.31. The predicted octanol–water partition coefficient (Wildman–Crippen LogP) is 2.48. The highest BCUT2D eigenvalue weighted by Gasteiger charge is 2.26. The molecule has 1 fully saturated rings. The molecule has 3 atom stereocenters. The first kappa shape index (κ1) is 17.8. The highest BCUT2D eigenvalue weighted by Crippen LogP contribution is 2.22. The average Bonchev–Trinajstić information content (AvgIpc) is 2.56. The fourth-order valence-corrected chi connectivity index (χ4v) is 3.13. The van der Waals surface area contributed by atoms with Crippen molar-refractivity contribution in [2.75, 3.05) is 20.3 Å². The number of carbonyl (C=O) groups excluding carboxylic acids is 1. The Labute approximate surface area is 138 Å². The number of aliphatic hydroxyl groups excluding tert-OH is 1. The smallest absolute Gasteiger partial charge is 0.337 e. The molecule has 0 aromatic heterocycles. The summed E-state index contributed by atoms with van der Waals surface area (Å²) in [6.07, 6.45) is 3.11. The molecule has 1 aliphatic rings. The Morgan fingerprint density at radius 1 is 1.26 bits per heavy atom. The number of ether oxygens (including phenoxy) is 2. The monoisotopic (exact) mass is 321 g/mol. The van der Waals surface area contributed by atoms with Crippen LogP contribution in [0.2, 0.25) is 0 Å². The van der Waals surface area contributed by atoms with Crippen LogP contribution in [-0.2, 0) is 4.74 Å². The van der Waals surface area contributed by atoms with E-state index in [1.165, 1.54) is 26.4 Å². The second-order valence-electron chi connectivity index (χ2n) is 6.31. The van der Waals surface area contributed by atoms with E-state index in [9.17, 15) is 9.90 Å². The molecule has 1 aromatic carbocycles. The lowest BCUT2D eigenvalue weighted by Gasteiger charge is -2.40. The van der Waals surface area contributed by atoms with Gasteiger partial charge in [-0.25, -0.2) is 4.79 Å². The molecular formula is C18H27NO4. The van der Waals surface area contributed by atoms with E-state index in [0.29, 0.717) is 29.9 Å². The fourth-order valence-electron chi connectivity index (χ4n) is 3.13. The average molecular weight is 321 g/mol. The zero-order valence-electron chi connectivity index (χ0n) is 14.2. The van der Waals surface area contributed by atoms with Crippen molar-refractivity contribution in [3.63, 3.8) is 0 Å². The van der Waals surface area contributed by atoms with Crippen molar-refractivity contribution in [1.29, 1.82) is 0 Å². The van der Waals surface area contributed by atoms with Crippen LogP contribution < -0.4 is 4.74 Å². The molecule has 1 N–H and O–H groups in total. The van der Waals surface area contributed by atoms with Crippen LogP contribution in [0.5, 0.6) is 5.75 Å². The minimum absolute atomic E-state index is 0.244. The maximum Gasteiger partial charge on any atom is 0.337 e. The summed E-state index contributed by atoms with van der Waals surface area (Å²) in [5, 5.41) is 10.2. The summed E-state index contributed by atoms with van der Waals surface area (Å²) in [7, 11) is 1.35. The van der Waals surface area contributed by atoms with Crippen molar-refractivity contribution >= 4 is 5.97 Å². The van der Waals surface area contributed by atoms with Gasteiger partial charge in [0.25, 0.3) is 0 Å². The van der Waals surface area contributed by atoms with Gasteiger partial charge < -0.3 is 14.6 Å². The van der Waals surface area contributed by atoms with E-state index in [-0.39, 0.29) is 12.6 Å². The summed E-state index contributed by atoms with van der Waals surface area (Å²) in [6, 6.07) is 7.75. The molecule has 5 nitrogen and oxygen atoms in total. The quantitative estimate of drug-likeness (QED) is 0.816. The van der Waals surface area contributed by atoms with Crippen LogP contribution in [0.3, 0.4) is 0 Å². The Morgan fingerprint density at radius 2 is 1.87 bits per heavy atom. The van der Waals surface area contributed by atoms with Crippen LogP contribution in [0.1, 0.15) is 43.5 Å². The van der Waals surface area contributed by atoms with Gasteiger partial charge in [-0.3, -0.25) is 4.90 Å². The molecule has 0 spiro atoms. The lowest BCUT2D eigenvalue weighted by atomic mass is 9.97. The maximum absolute atomic E-state index is 11.4. The van der Waals surface area contributed by atoms with Gasteiger partial charge in [-0.05, 0) is 51.0 Å². The Morgan fingerprint density at radius 3 is 2.43 bits per heavy atom. The van der Waals surface area contributed by atoms with Gasteiger partial charge in [0.05, 0.1) is 12.7 Å². The van der Waals surface area contributed by atoms with Gasteiger partial charge in [0, 0.05) is 18.6 Å². The SMILES string of the molecule is COC(=O)c1ccc(OC[C@H](O)CN2[C@H](C)CCC[C@@H]2C)cc1. The van der Waals surface area contributed by atoms with E-state index in [1.807, 2.05) is 0 Å². The standard InChI is InChI=1S/C18H27NO4/c1-13-5-4-6-14(2)19(13)11-16(20)12-23-17-9-7-15(8-10-17)18(21)22-3/h7-10,13-14,16,20H,4-6,11-12H2,1-3H3/t13-,14+,16-/m1/s1. The van der Waals surface area contributed by atoms with Crippen LogP contribution >= 0.6 is 0 Å². The number of likely N-dealkylation sites (tertiary alicyclic amines) is 1. The fraction of sp³-hybridized carbons (Fsp3) is 0.611. The molecule has 1 aliphatic heterocycles. The Bertz CT molecular complexity index is 492. The number of methoxy groups -OCH3 is 1. The van der Waals surface area contributed by atoms with Crippen LogP contribution in [0.25, 0.3) is 0 Å².